The van der Waals surface area contributed by atoms with E-state index in [9.17, 15) is 5.11 Å². The second-order valence-electron chi connectivity index (χ2n) is 7.09. The number of ether oxygens (including phenoxy) is 1. The molecule has 0 saturated heterocycles. The van der Waals surface area contributed by atoms with Crippen molar-refractivity contribution in [3.8, 4) is 5.75 Å². The summed E-state index contributed by atoms with van der Waals surface area (Å²) in [4.78, 5) is 0. The van der Waals surface area contributed by atoms with Crippen LogP contribution in [0.5, 0.6) is 5.75 Å². The van der Waals surface area contributed by atoms with E-state index in [0.29, 0.717) is 0 Å². The van der Waals surface area contributed by atoms with Crippen LogP contribution < -0.4 is 9.92 Å². The molecule has 0 fully saturated rings. The zero-order chi connectivity index (χ0) is 16.9. The Hall–Kier alpha value is -0.818. The lowest BCUT2D eigenvalue weighted by Crippen LogP contribution is -2.49. The minimum absolute atomic E-state index is 0.617. The van der Waals surface area contributed by atoms with Crippen LogP contribution in [0.15, 0.2) is 24.3 Å². The maximum Gasteiger partial charge on any atom is 0.432 e. The van der Waals surface area contributed by atoms with Gasteiger partial charge in [0.2, 0.25) is 0 Å². The van der Waals surface area contributed by atoms with Gasteiger partial charge in [-0.15, -0.1) is 0 Å². The molecule has 0 aliphatic rings. The molecule has 0 saturated carbocycles. The van der Waals surface area contributed by atoms with Crippen LogP contribution in [0.25, 0.3) is 0 Å². The first-order chi connectivity index (χ1) is 9.35. The van der Waals surface area contributed by atoms with Crippen molar-refractivity contribution in [2.75, 3.05) is 0 Å². The molecule has 0 spiro atoms. The smallest absolute Gasteiger partial charge is 0.432 e. The number of hydrogen-bond donors (Lipinski definition) is 3. The maximum absolute atomic E-state index is 10.1. The van der Waals surface area contributed by atoms with Crippen molar-refractivity contribution in [3.05, 3.63) is 24.3 Å². The van der Waals surface area contributed by atoms with Gasteiger partial charge >= 0.3 is 7.69 Å². The molecule has 0 amide bonds. The molecule has 21 heavy (non-hydrogen) atoms. The largest absolute Gasteiger partial charge is 0.485 e. The number of rotatable bonds is 4. The lowest BCUT2D eigenvalue weighted by Gasteiger charge is -2.37. The van der Waals surface area contributed by atoms with Gasteiger partial charge in [0, 0.05) is 0 Å². The van der Waals surface area contributed by atoms with Crippen molar-refractivity contribution >= 4 is 20.9 Å². The third kappa shape index (κ3) is 6.65. The summed E-state index contributed by atoms with van der Waals surface area (Å²) in [5.41, 5.74) is -1.50. The fourth-order valence-electron chi connectivity index (χ4n) is 1.44. The molecule has 0 bridgehead atoms. The van der Waals surface area contributed by atoms with Gasteiger partial charge in [0.05, 0.1) is 13.7 Å². The molecule has 120 valence electrons. The highest BCUT2D eigenvalue weighted by molar-refractivity contribution is 6.88. The Kier molecular flexibility index (Phi) is 7.16. The van der Waals surface area contributed by atoms with E-state index >= 15 is 0 Å². The maximum atomic E-state index is 10.1. The van der Waals surface area contributed by atoms with Crippen LogP contribution in [0.1, 0.15) is 27.7 Å². The summed E-state index contributed by atoms with van der Waals surface area (Å²) in [6, 6.07) is 8.28. The van der Waals surface area contributed by atoms with Crippen LogP contribution >= 0.6 is 0 Å². The van der Waals surface area contributed by atoms with Gasteiger partial charge in [-0.3, -0.25) is 0 Å². The summed E-state index contributed by atoms with van der Waals surface area (Å²) in [5.74, 6) is 0.809. The predicted molar refractivity (Wildman–Crippen MR) is 92.0 cm³/mol. The van der Waals surface area contributed by atoms with E-state index in [1.807, 2.05) is 26.0 Å². The highest BCUT2D eigenvalue weighted by Crippen LogP contribution is 2.27. The number of hydrogen-bond acceptors (Lipinski definition) is 4. The number of aliphatic hydroxyl groups is 1. The standard InChI is InChI=1S/C15H26O2Si.BH3O2/c1-14(2,16)15(3,4)17-12-8-10-13(11-9-12)18(5,6)7;2-1-3/h8-11,16H,1-7H3;1-3H. The molecule has 0 radical (unpaired) electrons. The van der Waals surface area contributed by atoms with Gasteiger partial charge in [0.15, 0.2) is 0 Å². The monoisotopic (exact) mass is 312 g/mol. The first-order valence-corrected chi connectivity index (χ1v) is 10.6. The normalized spacial score (nSPS) is 12.3. The van der Waals surface area contributed by atoms with E-state index in [1.165, 1.54) is 5.19 Å². The molecule has 0 aromatic heterocycles. The van der Waals surface area contributed by atoms with E-state index in [4.69, 9.17) is 14.8 Å². The van der Waals surface area contributed by atoms with Gasteiger partial charge in [-0.05, 0) is 39.8 Å². The lowest BCUT2D eigenvalue weighted by atomic mass is 9.89. The molecular weight excluding hydrogens is 283 g/mol. The molecule has 0 aliphatic carbocycles. The second kappa shape index (κ2) is 7.45. The van der Waals surface area contributed by atoms with Crippen molar-refractivity contribution in [2.45, 2.75) is 58.5 Å². The van der Waals surface area contributed by atoms with Crippen LogP contribution in [0.3, 0.4) is 0 Å². The second-order valence-corrected chi connectivity index (χ2v) is 12.2. The van der Waals surface area contributed by atoms with Crippen molar-refractivity contribution in [3.63, 3.8) is 0 Å². The Morgan fingerprint density at radius 1 is 0.952 bits per heavy atom. The third-order valence-electron chi connectivity index (χ3n) is 3.57. The fraction of sp³-hybridized carbons (Fsp3) is 0.600. The van der Waals surface area contributed by atoms with Crippen LogP contribution in [-0.2, 0) is 0 Å². The van der Waals surface area contributed by atoms with Gasteiger partial charge in [-0.1, -0.05) is 37.0 Å². The summed E-state index contributed by atoms with van der Waals surface area (Å²) >= 11 is 0. The Morgan fingerprint density at radius 3 is 1.62 bits per heavy atom. The Bertz CT molecular complexity index is 419. The summed E-state index contributed by atoms with van der Waals surface area (Å²) in [6.07, 6.45) is 0. The van der Waals surface area contributed by atoms with E-state index in [-0.39, 0.29) is 0 Å². The molecule has 0 unspecified atom stereocenters. The van der Waals surface area contributed by atoms with Crippen molar-refractivity contribution < 1.29 is 19.9 Å². The van der Waals surface area contributed by atoms with Gasteiger partial charge in [-0.2, -0.15) is 0 Å². The molecule has 3 N–H and O–H groups in total. The van der Waals surface area contributed by atoms with Crippen LogP contribution in [0, 0.1) is 0 Å². The summed E-state index contributed by atoms with van der Waals surface area (Å²) in [7, 11) is -2.01. The molecular formula is C15H29BO4Si. The van der Waals surface area contributed by atoms with Gasteiger partial charge < -0.3 is 19.9 Å². The van der Waals surface area contributed by atoms with Crippen LogP contribution in [0.2, 0.25) is 19.6 Å². The molecule has 4 nitrogen and oxygen atoms in total. The van der Waals surface area contributed by atoms with E-state index in [2.05, 4.69) is 31.8 Å². The fourth-order valence-corrected chi connectivity index (χ4v) is 2.61. The quantitative estimate of drug-likeness (QED) is 0.735. The molecule has 1 aromatic carbocycles. The van der Waals surface area contributed by atoms with Crippen LogP contribution in [0.4, 0.5) is 0 Å². The molecule has 1 rings (SSSR count). The Labute approximate surface area is 130 Å². The van der Waals surface area contributed by atoms with Gasteiger partial charge in [0.25, 0.3) is 0 Å². The minimum Gasteiger partial charge on any atom is -0.485 e. The van der Waals surface area contributed by atoms with Gasteiger partial charge in [0.1, 0.15) is 11.4 Å². The SMILES string of the molecule is CC(C)(O)C(C)(C)Oc1ccc([Si](C)(C)C)cc1.OBO. The number of benzene rings is 1. The summed E-state index contributed by atoms with van der Waals surface area (Å²) in [5, 5.41) is 25.7. The average Bonchev–Trinajstić information content (AvgIpc) is 2.27. The van der Waals surface area contributed by atoms with E-state index < -0.39 is 27.0 Å². The zero-order valence-electron chi connectivity index (χ0n) is 14.3. The van der Waals surface area contributed by atoms with Crippen molar-refractivity contribution in [1.82, 2.24) is 0 Å². The summed E-state index contributed by atoms with van der Waals surface area (Å²) in [6.45, 7) is 14.3. The molecule has 1 aromatic rings. The molecule has 0 heterocycles. The van der Waals surface area contributed by atoms with Crippen LogP contribution in [-0.4, -0.2) is 42.1 Å². The predicted octanol–water partition coefficient (Wildman–Crippen LogP) is 1.40. The first kappa shape index (κ1) is 20.2. The lowest BCUT2D eigenvalue weighted by molar-refractivity contribution is -0.0906. The van der Waals surface area contributed by atoms with Gasteiger partial charge in [-0.25, -0.2) is 0 Å². The summed E-state index contributed by atoms with van der Waals surface area (Å²) < 4.78 is 5.90. The topological polar surface area (TPSA) is 69.9 Å². The van der Waals surface area contributed by atoms with Crippen molar-refractivity contribution in [2.24, 2.45) is 0 Å². The van der Waals surface area contributed by atoms with E-state index in [1.54, 1.807) is 13.8 Å². The first-order valence-electron chi connectivity index (χ1n) is 7.09. The highest BCUT2D eigenvalue weighted by Gasteiger charge is 2.37. The average molecular weight is 312 g/mol. The Morgan fingerprint density at radius 2 is 1.33 bits per heavy atom. The van der Waals surface area contributed by atoms with E-state index in [0.717, 1.165) is 5.75 Å². The zero-order valence-corrected chi connectivity index (χ0v) is 15.3. The minimum atomic E-state index is -1.26. The highest BCUT2D eigenvalue weighted by atomic mass is 28.3. The molecule has 6 heteroatoms. The molecule has 0 aliphatic heterocycles. The van der Waals surface area contributed by atoms with Crippen molar-refractivity contribution in [1.29, 1.82) is 0 Å². The third-order valence-corrected chi connectivity index (χ3v) is 5.63. The Balaban J connectivity index is 0.00000122. The molecule has 0 atom stereocenters.